The molecule has 1 aromatic heterocycles. The van der Waals surface area contributed by atoms with Crippen molar-refractivity contribution in [2.45, 2.75) is 32.6 Å². The Labute approximate surface area is 173 Å². The number of primary amides is 1. The number of morpholine rings is 1. The van der Waals surface area contributed by atoms with Crippen molar-refractivity contribution in [1.29, 1.82) is 0 Å². The Morgan fingerprint density at radius 3 is 2.43 bits per heavy atom. The van der Waals surface area contributed by atoms with Crippen LogP contribution in [0.15, 0.2) is 53.5 Å². The molecule has 2 N–H and O–H groups in total. The minimum atomic E-state index is -0.793. The molecule has 3 aromatic rings. The van der Waals surface area contributed by atoms with Gasteiger partial charge in [-0.25, -0.2) is 4.39 Å². The number of hydrogen-bond acceptors (Lipinski definition) is 4. The Morgan fingerprint density at radius 2 is 1.80 bits per heavy atom. The highest BCUT2D eigenvalue weighted by Gasteiger charge is 2.22. The second-order valence-electron chi connectivity index (χ2n) is 7.89. The molecule has 6 nitrogen and oxygen atoms in total. The molecule has 1 aliphatic rings. The van der Waals surface area contributed by atoms with E-state index in [1.807, 2.05) is 32.0 Å². The van der Waals surface area contributed by atoms with Gasteiger partial charge in [-0.2, -0.15) is 0 Å². The third-order valence-corrected chi connectivity index (χ3v) is 5.34. The van der Waals surface area contributed by atoms with Gasteiger partial charge in [-0.05, 0) is 55.8 Å². The number of rotatable bonds is 4. The largest absolute Gasteiger partial charge is 0.373 e. The second-order valence-corrected chi connectivity index (χ2v) is 7.89. The molecule has 1 fully saturated rings. The summed E-state index contributed by atoms with van der Waals surface area (Å²) in [7, 11) is 0. The van der Waals surface area contributed by atoms with E-state index in [0.717, 1.165) is 18.7 Å². The van der Waals surface area contributed by atoms with Gasteiger partial charge in [0.15, 0.2) is 0 Å². The molecule has 0 unspecified atom stereocenters. The number of carbonyl (C=O) groups excluding carboxylic acids is 1. The van der Waals surface area contributed by atoms with E-state index < -0.39 is 11.3 Å². The summed E-state index contributed by atoms with van der Waals surface area (Å²) in [6.45, 7) is 6.38. The van der Waals surface area contributed by atoms with E-state index in [0.29, 0.717) is 23.1 Å². The minimum absolute atomic E-state index is 0.0995. The molecule has 156 valence electrons. The number of pyridine rings is 1. The first-order valence-electron chi connectivity index (χ1n) is 9.93. The summed E-state index contributed by atoms with van der Waals surface area (Å²) in [5.74, 6) is -1.16. The van der Waals surface area contributed by atoms with Gasteiger partial charge in [0.05, 0.1) is 17.7 Å². The van der Waals surface area contributed by atoms with Crippen molar-refractivity contribution in [3.63, 3.8) is 0 Å². The number of nitrogens with two attached hydrogens (primary N) is 1. The van der Waals surface area contributed by atoms with Crippen LogP contribution in [0.1, 0.15) is 29.8 Å². The molecule has 1 saturated heterocycles. The highest BCUT2D eigenvalue weighted by Crippen LogP contribution is 2.21. The number of nitrogens with zero attached hydrogens (tertiary/aromatic N) is 2. The van der Waals surface area contributed by atoms with Crippen LogP contribution in [0.3, 0.4) is 0 Å². The van der Waals surface area contributed by atoms with Gasteiger partial charge in [0, 0.05) is 36.9 Å². The second kappa shape index (κ2) is 8.01. The lowest BCUT2D eigenvalue weighted by atomic mass is 10.1. The van der Waals surface area contributed by atoms with Crippen LogP contribution < -0.4 is 11.2 Å². The van der Waals surface area contributed by atoms with Crippen LogP contribution >= 0.6 is 0 Å². The molecule has 0 spiro atoms. The Bertz CT molecular complexity index is 1150. The van der Waals surface area contributed by atoms with Crippen LogP contribution in [0.4, 0.5) is 4.39 Å². The molecule has 2 aromatic carbocycles. The van der Waals surface area contributed by atoms with Crippen LogP contribution in [0.2, 0.25) is 0 Å². The summed E-state index contributed by atoms with van der Waals surface area (Å²) in [6, 6.07) is 11.5. The molecule has 2 atom stereocenters. The lowest BCUT2D eigenvalue weighted by Gasteiger charge is -2.35. The maximum absolute atomic E-state index is 13.4. The topological polar surface area (TPSA) is 77.6 Å². The monoisotopic (exact) mass is 409 g/mol. The van der Waals surface area contributed by atoms with Crippen molar-refractivity contribution in [2.75, 3.05) is 13.1 Å². The zero-order valence-corrected chi connectivity index (χ0v) is 17.0. The highest BCUT2D eigenvalue weighted by molar-refractivity contribution is 5.96. The number of ether oxygens (including phenoxy) is 1. The van der Waals surface area contributed by atoms with E-state index in [9.17, 15) is 14.0 Å². The third-order valence-electron chi connectivity index (χ3n) is 5.34. The maximum Gasteiger partial charge on any atom is 0.254 e. The van der Waals surface area contributed by atoms with Crippen molar-refractivity contribution >= 4 is 16.8 Å². The van der Waals surface area contributed by atoms with Crippen LogP contribution in [-0.4, -0.2) is 40.7 Å². The van der Waals surface area contributed by atoms with Gasteiger partial charge in [0.1, 0.15) is 11.4 Å². The van der Waals surface area contributed by atoms with E-state index in [-0.39, 0.29) is 23.6 Å². The zero-order chi connectivity index (χ0) is 21.4. The van der Waals surface area contributed by atoms with Crippen molar-refractivity contribution in [1.82, 2.24) is 9.47 Å². The van der Waals surface area contributed by atoms with Crippen LogP contribution in [0.25, 0.3) is 16.6 Å². The summed E-state index contributed by atoms with van der Waals surface area (Å²) in [6.07, 6.45) is 1.71. The fraction of sp³-hybridized carbons (Fsp3) is 0.304. The Kier molecular flexibility index (Phi) is 5.40. The van der Waals surface area contributed by atoms with E-state index in [1.54, 1.807) is 16.7 Å². The first-order chi connectivity index (χ1) is 14.3. The van der Waals surface area contributed by atoms with Gasteiger partial charge in [0.25, 0.3) is 5.91 Å². The molecule has 7 heteroatoms. The number of aromatic nitrogens is 1. The van der Waals surface area contributed by atoms with Gasteiger partial charge in [-0.1, -0.05) is 6.07 Å². The number of hydrogen-bond donors (Lipinski definition) is 1. The molecule has 2 heterocycles. The minimum Gasteiger partial charge on any atom is -0.373 e. The standard InChI is InChI=1S/C23H24FN3O3/c1-14-10-26(11-15(2)30-14)12-16-3-8-21-19(9-16)22(28)20(23(25)29)13-27(21)18-6-4-17(24)5-7-18/h3-9,13-15H,10-12H2,1-2H3,(H2,25,29)/t14-,15+. The van der Waals surface area contributed by atoms with E-state index in [1.165, 1.54) is 18.3 Å². The van der Waals surface area contributed by atoms with Crippen molar-refractivity contribution in [2.24, 2.45) is 5.73 Å². The Morgan fingerprint density at radius 1 is 1.13 bits per heavy atom. The summed E-state index contributed by atoms with van der Waals surface area (Å²) in [5, 5.41) is 0.405. The van der Waals surface area contributed by atoms with Crippen molar-refractivity contribution < 1.29 is 13.9 Å². The van der Waals surface area contributed by atoms with Crippen molar-refractivity contribution in [3.8, 4) is 5.69 Å². The smallest absolute Gasteiger partial charge is 0.254 e. The van der Waals surface area contributed by atoms with Crippen LogP contribution in [-0.2, 0) is 11.3 Å². The Hall–Kier alpha value is -3.03. The van der Waals surface area contributed by atoms with Gasteiger partial charge in [0.2, 0.25) is 5.43 Å². The van der Waals surface area contributed by atoms with Gasteiger partial charge in [-0.3, -0.25) is 14.5 Å². The lowest BCUT2D eigenvalue weighted by molar-refractivity contribution is -0.0704. The van der Waals surface area contributed by atoms with Crippen molar-refractivity contribution in [3.05, 3.63) is 75.8 Å². The normalized spacial score (nSPS) is 19.8. The number of amides is 1. The number of carbonyl (C=O) groups is 1. The fourth-order valence-corrected chi connectivity index (χ4v) is 4.14. The molecule has 0 saturated carbocycles. The van der Waals surface area contributed by atoms with E-state index in [2.05, 4.69) is 4.90 Å². The molecule has 1 aliphatic heterocycles. The highest BCUT2D eigenvalue weighted by atomic mass is 19.1. The SMILES string of the molecule is C[C@@H]1CN(Cc2ccc3c(c2)c(=O)c(C(N)=O)cn3-c2ccc(F)cc2)C[C@H](C)O1. The van der Waals surface area contributed by atoms with Crippen LogP contribution in [0.5, 0.6) is 0 Å². The summed E-state index contributed by atoms with van der Waals surface area (Å²) in [4.78, 5) is 27.1. The molecular weight excluding hydrogens is 385 g/mol. The molecule has 1 amide bonds. The Balaban J connectivity index is 1.80. The summed E-state index contributed by atoms with van der Waals surface area (Å²) in [5.41, 5.74) is 7.19. The number of benzene rings is 2. The summed E-state index contributed by atoms with van der Waals surface area (Å²) < 4.78 is 20.9. The summed E-state index contributed by atoms with van der Waals surface area (Å²) >= 11 is 0. The molecule has 0 aliphatic carbocycles. The molecule has 30 heavy (non-hydrogen) atoms. The number of fused-ring (bicyclic) bond motifs is 1. The first-order valence-corrected chi connectivity index (χ1v) is 9.93. The van der Waals surface area contributed by atoms with E-state index in [4.69, 9.17) is 10.5 Å². The average Bonchev–Trinajstić information content (AvgIpc) is 2.68. The maximum atomic E-state index is 13.4. The predicted molar refractivity (Wildman–Crippen MR) is 113 cm³/mol. The first kappa shape index (κ1) is 20.3. The third kappa shape index (κ3) is 3.99. The molecule has 0 radical (unpaired) electrons. The molecule has 0 bridgehead atoms. The quantitative estimate of drug-likeness (QED) is 0.719. The zero-order valence-electron chi connectivity index (χ0n) is 17.0. The van der Waals surface area contributed by atoms with Gasteiger partial charge in [-0.15, -0.1) is 0 Å². The lowest BCUT2D eigenvalue weighted by Crippen LogP contribution is -2.44. The predicted octanol–water partition coefficient (Wildman–Crippen LogP) is 2.84. The van der Waals surface area contributed by atoms with Gasteiger partial charge >= 0.3 is 0 Å². The molecule has 4 rings (SSSR count). The molecular formula is C23H24FN3O3. The average molecular weight is 409 g/mol. The number of halogens is 1. The van der Waals surface area contributed by atoms with E-state index >= 15 is 0 Å². The van der Waals surface area contributed by atoms with Crippen LogP contribution in [0, 0.1) is 5.82 Å². The fourth-order valence-electron chi connectivity index (χ4n) is 4.14. The van der Waals surface area contributed by atoms with Gasteiger partial charge < -0.3 is 15.0 Å².